The predicted octanol–water partition coefficient (Wildman–Crippen LogP) is 5.57. The number of phenols is 1. The highest BCUT2D eigenvalue weighted by Crippen LogP contribution is 2.42. The number of pyridine rings is 1. The fourth-order valence-corrected chi connectivity index (χ4v) is 4.27. The number of alkyl halides is 4. The molecular formula is C23H19F4N2O3+. The number of hydrogen-bond donors (Lipinski definition) is 1. The van der Waals surface area contributed by atoms with Crippen LogP contribution in [-0.4, -0.2) is 16.5 Å². The largest absolute Gasteiger partial charge is 0.507 e. The number of nitro groups is 1. The smallest absolute Gasteiger partial charge is 0.333 e. The van der Waals surface area contributed by atoms with E-state index in [4.69, 9.17) is 0 Å². The number of hydrogen-bond acceptors (Lipinski definition) is 3. The van der Waals surface area contributed by atoms with Crippen LogP contribution in [0.4, 0.5) is 23.2 Å². The molecule has 9 heteroatoms. The molecule has 166 valence electrons. The van der Waals surface area contributed by atoms with Gasteiger partial charge in [-0.15, -0.1) is 0 Å². The Bertz CT molecular complexity index is 1240. The standard InChI is InChI=1S/C23H18F4N2O3/c1-22(2)12-13-5-3-4-6-16(13)18-9-14(23(26,27)21(24)25)10-19(28(18)22)17-11-15(29(31)32)7-8-20(17)30/h3-11,21H,12H2,1-2H3/p+1. The van der Waals surface area contributed by atoms with Crippen LogP contribution in [0.1, 0.15) is 25.0 Å². The summed E-state index contributed by atoms with van der Waals surface area (Å²) in [5.74, 6) is -4.85. The van der Waals surface area contributed by atoms with Gasteiger partial charge in [-0.25, -0.2) is 8.78 Å². The molecule has 0 unspecified atom stereocenters. The van der Waals surface area contributed by atoms with Gasteiger partial charge in [0.05, 0.1) is 10.5 Å². The number of aromatic hydroxyl groups is 1. The van der Waals surface area contributed by atoms with Gasteiger partial charge in [0.1, 0.15) is 5.75 Å². The Morgan fingerprint density at radius 1 is 1.06 bits per heavy atom. The van der Waals surface area contributed by atoms with E-state index in [1.807, 2.05) is 19.9 Å². The van der Waals surface area contributed by atoms with Crippen molar-refractivity contribution in [3.05, 3.63) is 75.8 Å². The second kappa shape index (κ2) is 7.29. The van der Waals surface area contributed by atoms with E-state index in [-0.39, 0.29) is 22.6 Å². The molecule has 0 aliphatic carbocycles. The summed E-state index contributed by atoms with van der Waals surface area (Å²) in [5, 5.41) is 21.8. The lowest BCUT2D eigenvalue weighted by Crippen LogP contribution is -2.58. The van der Waals surface area contributed by atoms with Gasteiger partial charge in [-0.1, -0.05) is 18.2 Å². The molecule has 2 aromatic carbocycles. The Labute approximate surface area is 180 Å². The van der Waals surface area contributed by atoms with E-state index in [2.05, 4.69) is 0 Å². The van der Waals surface area contributed by atoms with Crippen molar-refractivity contribution in [1.29, 1.82) is 0 Å². The predicted molar refractivity (Wildman–Crippen MR) is 109 cm³/mol. The Kier molecular flexibility index (Phi) is 4.95. The van der Waals surface area contributed by atoms with Gasteiger partial charge in [0.25, 0.3) is 5.69 Å². The maximum Gasteiger partial charge on any atom is 0.333 e. The Balaban J connectivity index is 2.14. The molecule has 0 spiro atoms. The molecule has 1 aromatic heterocycles. The van der Waals surface area contributed by atoms with Crippen LogP contribution in [-0.2, 0) is 17.9 Å². The molecule has 0 fully saturated rings. The lowest BCUT2D eigenvalue weighted by atomic mass is 9.83. The number of fused-ring (bicyclic) bond motifs is 3. The number of nitro benzene ring substituents is 1. The molecular weight excluding hydrogens is 428 g/mol. The maximum atomic E-state index is 14.5. The van der Waals surface area contributed by atoms with Gasteiger partial charge >= 0.3 is 12.3 Å². The van der Waals surface area contributed by atoms with Gasteiger partial charge in [-0.05, 0) is 17.7 Å². The first-order chi connectivity index (χ1) is 14.9. The molecule has 2 heterocycles. The summed E-state index contributed by atoms with van der Waals surface area (Å²) in [7, 11) is 0. The summed E-state index contributed by atoms with van der Waals surface area (Å²) in [6.45, 7) is 3.69. The fourth-order valence-electron chi connectivity index (χ4n) is 4.27. The molecule has 0 saturated carbocycles. The fraction of sp³-hybridized carbons (Fsp3) is 0.261. The average Bonchev–Trinajstić information content (AvgIpc) is 2.72. The highest BCUT2D eigenvalue weighted by atomic mass is 19.3. The number of halogens is 4. The number of aromatic nitrogens is 1. The van der Waals surface area contributed by atoms with Crippen molar-refractivity contribution in [2.45, 2.75) is 38.2 Å². The number of rotatable bonds is 4. The zero-order valence-corrected chi connectivity index (χ0v) is 17.2. The Morgan fingerprint density at radius 3 is 2.31 bits per heavy atom. The monoisotopic (exact) mass is 447 g/mol. The lowest BCUT2D eigenvalue weighted by molar-refractivity contribution is -0.740. The van der Waals surface area contributed by atoms with Gasteiger partial charge in [-0.3, -0.25) is 10.1 Å². The molecule has 5 nitrogen and oxygen atoms in total. The van der Waals surface area contributed by atoms with Gasteiger partial charge in [0, 0.05) is 55.7 Å². The third kappa shape index (κ3) is 3.37. The number of non-ortho nitro benzene ring substituents is 1. The van der Waals surface area contributed by atoms with E-state index < -0.39 is 34.1 Å². The molecule has 0 amide bonds. The van der Waals surface area contributed by atoms with E-state index in [1.165, 1.54) is 0 Å². The Hall–Kier alpha value is -3.49. The highest BCUT2D eigenvalue weighted by Gasteiger charge is 2.48. The van der Waals surface area contributed by atoms with E-state index in [9.17, 15) is 32.8 Å². The van der Waals surface area contributed by atoms with Crippen molar-refractivity contribution in [1.82, 2.24) is 0 Å². The summed E-state index contributed by atoms with van der Waals surface area (Å²) in [5.41, 5.74) is -0.434. The zero-order valence-electron chi connectivity index (χ0n) is 17.2. The van der Waals surface area contributed by atoms with Crippen LogP contribution in [0, 0.1) is 10.1 Å². The summed E-state index contributed by atoms with van der Waals surface area (Å²) in [4.78, 5) is 10.6. The summed E-state index contributed by atoms with van der Waals surface area (Å²) >= 11 is 0. The number of phenolic OH excluding ortho intramolecular Hbond substituents is 1. The summed E-state index contributed by atoms with van der Waals surface area (Å²) < 4.78 is 57.2. The average molecular weight is 447 g/mol. The van der Waals surface area contributed by atoms with Crippen LogP contribution in [0.5, 0.6) is 5.75 Å². The van der Waals surface area contributed by atoms with E-state index in [0.29, 0.717) is 12.0 Å². The van der Waals surface area contributed by atoms with Crippen molar-refractivity contribution in [2.24, 2.45) is 0 Å². The molecule has 1 aliphatic heterocycles. The van der Waals surface area contributed by atoms with E-state index in [0.717, 1.165) is 35.9 Å². The molecule has 4 rings (SSSR count). The maximum absolute atomic E-state index is 14.5. The van der Waals surface area contributed by atoms with Crippen molar-refractivity contribution in [2.75, 3.05) is 0 Å². The molecule has 0 bridgehead atoms. The second-order valence-electron chi connectivity index (χ2n) is 8.38. The molecule has 0 radical (unpaired) electrons. The SMILES string of the molecule is CC1(C)Cc2ccccc2-c2cc(C(F)(F)C(F)F)cc(-c3cc([N+](=O)[O-])ccc3O)[n+]21. The van der Waals surface area contributed by atoms with Crippen LogP contribution < -0.4 is 4.57 Å². The summed E-state index contributed by atoms with van der Waals surface area (Å²) in [6.07, 6.45) is -3.46. The first kappa shape index (κ1) is 21.7. The zero-order chi connectivity index (χ0) is 23.4. The highest BCUT2D eigenvalue weighted by molar-refractivity contribution is 5.71. The third-order valence-electron chi connectivity index (χ3n) is 5.71. The molecule has 3 aromatic rings. The Morgan fingerprint density at radius 2 is 1.69 bits per heavy atom. The first-order valence-corrected chi connectivity index (χ1v) is 9.76. The van der Waals surface area contributed by atoms with Gasteiger partial charge < -0.3 is 5.11 Å². The van der Waals surface area contributed by atoms with Gasteiger partial charge in [0.2, 0.25) is 11.4 Å². The van der Waals surface area contributed by atoms with Crippen molar-refractivity contribution < 1.29 is 32.2 Å². The van der Waals surface area contributed by atoms with Crippen LogP contribution in [0.25, 0.3) is 22.5 Å². The molecule has 1 N–H and O–H groups in total. The minimum Gasteiger partial charge on any atom is -0.507 e. The molecule has 0 atom stereocenters. The quantitative estimate of drug-likeness (QED) is 0.246. The minimum absolute atomic E-state index is 0.0153. The van der Waals surface area contributed by atoms with Crippen LogP contribution in [0.15, 0.2) is 54.6 Å². The van der Waals surface area contributed by atoms with Gasteiger partial charge in [0.15, 0.2) is 5.54 Å². The summed E-state index contributed by atoms with van der Waals surface area (Å²) in [6, 6.07) is 12.2. The van der Waals surface area contributed by atoms with Crippen molar-refractivity contribution >= 4 is 5.69 Å². The molecule has 0 saturated heterocycles. The number of nitrogens with zero attached hydrogens (tertiary/aromatic N) is 2. The minimum atomic E-state index is -4.46. The molecule has 32 heavy (non-hydrogen) atoms. The van der Waals surface area contributed by atoms with Crippen LogP contribution >= 0.6 is 0 Å². The third-order valence-corrected chi connectivity index (χ3v) is 5.71. The van der Waals surface area contributed by atoms with Gasteiger partial charge in [-0.2, -0.15) is 13.3 Å². The van der Waals surface area contributed by atoms with Crippen molar-refractivity contribution in [3.8, 4) is 28.3 Å². The topological polar surface area (TPSA) is 67.2 Å². The van der Waals surface area contributed by atoms with Crippen LogP contribution in [0.3, 0.4) is 0 Å². The van der Waals surface area contributed by atoms with Crippen molar-refractivity contribution in [3.63, 3.8) is 0 Å². The first-order valence-electron chi connectivity index (χ1n) is 9.76. The second-order valence-corrected chi connectivity index (χ2v) is 8.38. The lowest BCUT2D eigenvalue weighted by Gasteiger charge is -2.31. The van der Waals surface area contributed by atoms with Crippen LogP contribution in [0.2, 0.25) is 0 Å². The molecule has 1 aliphatic rings. The number of benzene rings is 2. The van der Waals surface area contributed by atoms with E-state index in [1.54, 1.807) is 22.8 Å². The normalized spacial score (nSPS) is 14.7. The van der Waals surface area contributed by atoms with E-state index >= 15 is 0 Å².